The standard InChI is InChI=1S/C31H54N2O/c32-16-14-21-4-1-6-24(18-21)25-11-10-23-12-13-28-27(26-7-2-5-22(19-26)15-17-33)8-3-9-29(28)31(34)30(23)20-25/h21-30H,1-20,32-33H2. The van der Waals surface area contributed by atoms with Crippen LogP contribution in [0.5, 0.6) is 0 Å². The van der Waals surface area contributed by atoms with E-state index in [9.17, 15) is 4.79 Å². The number of carbonyl (C=O) groups excluding carboxylic acids is 1. The second-order valence-corrected chi connectivity index (χ2v) is 13.5. The molecule has 10 atom stereocenters. The van der Waals surface area contributed by atoms with Crippen LogP contribution in [0.4, 0.5) is 0 Å². The third-order valence-corrected chi connectivity index (χ3v) is 11.8. The summed E-state index contributed by atoms with van der Waals surface area (Å²) in [7, 11) is 0. The number of nitrogens with two attached hydrogens (primary N) is 2. The fourth-order valence-electron chi connectivity index (χ4n) is 10.2. The fraction of sp³-hybridized carbons (Fsp3) is 0.968. The van der Waals surface area contributed by atoms with E-state index >= 15 is 0 Å². The minimum atomic E-state index is 0.402. The minimum Gasteiger partial charge on any atom is -0.330 e. The van der Waals surface area contributed by atoms with Crippen LogP contribution in [0.3, 0.4) is 0 Å². The zero-order valence-corrected chi connectivity index (χ0v) is 22.0. The van der Waals surface area contributed by atoms with E-state index in [0.29, 0.717) is 23.7 Å². The molecular weight excluding hydrogens is 416 g/mol. The summed E-state index contributed by atoms with van der Waals surface area (Å²) in [6.45, 7) is 1.70. The topological polar surface area (TPSA) is 69.1 Å². The molecule has 0 aromatic rings. The smallest absolute Gasteiger partial charge is 0.139 e. The molecule has 0 saturated heterocycles. The average molecular weight is 471 g/mol. The first kappa shape index (κ1) is 25.2. The van der Waals surface area contributed by atoms with Crippen LogP contribution in [0.25, 0.3) is 0 Å². The van der Waals surface area contributed by atoms with Gasteiger partial charge in [0.25, 0.3) is 0 Å². The lowest BCUT2D eigenvalue weighted by molar-refractivity contribution is -0.133. The van der Waals surface area contributed by atoms with Gasteiger partial charge in [-0.1, -0.05) is 44.9 Å². The minimum absolute atomic E-state index is 0.402. The Kier molecular flexibility index (Phi) is 8.73. The van der Waals surface area contributed by atoms with Gasteiger partial charge in [-0.25, -0.2) is 0 Å². The van der Waals surface area contributed by atoms with E-state index in [4.69, 9.17) is 11.5 Å². The average Bonchev–Trinajstić information content (AvgIpc) is 3.01. The highest BCUT2D eigenvalue weighted by atomic mass is 16.1. The first-order valence-electron chi connectivity index (χ1n) is 15.6. The zero-order chi connectivity index (χ0) is 23.5. The van der Waals surface area contributed by atoms with Crippen LogP contribution in [-0.4, -0.2) is 18.9 Å². The number of carbonyl (C=O) groups is 1. The quantitative estimate of drug-likeness (QED) is 0.452. The number of rotatable bonds is 6. The lowest BCUT2D eigenvalue weighted by Gasteiger charge is -2.44. The molecule has 3 nitrogen and oxygen atoms in total. The molecule has 194 valence electrons. The second kappa shape index (κ2) is 11.8. The third kappa shape index (κ3) is 5.46. The van der Waals surface area contributed by atoms with Crippen LogP contribution in [0.15, 0.2) is 0 Å². The van der Waals surface area contributed by atoms with E-state index in [2.05, 4.69) is 0 Å². The molecule has 0 spiro atoms. The highest BCUT2D eigenvalue weighted by Gasteiger charge is 2.49. The van der Waals surface area contributed by atoms with Crippen molar-refractivity contribution in [1.82, 2.24) is 0 Å². The molecule has 0 aromatic carbocycles. The summed E-state index contributed by atoms with van der Waals surface area (Å²) in [4.78, 5) is 14.2. The van der Waals surface area contributed by atoms with Crippen molar-refractivity contribution in [2.24, 2.45) is 70.6 Å². The van der Waals surface area contributed by atoms with Gasteiger partial charge in [0.1, 0.15) is 5.78 Å². The first-order valence-corrected chi connectivity index (χ1v) is 15.6. The molecule has 5 aliphatic carbocycles. The number of fused-ring (bicyclic) bond motifs is 2. The van der Waals surface area contributed by atoms with Gasteiger partial charge in [-0.05, 0) is 131 Å². The third-order valence-electron chi connectivity index (χ3n) is 11.8. The summed E-state index contributed by atoms with van der Waals surface area (Å²) in [6, 6.07) is 0. The largest absolute Gasteiger partial charge is 0.330 e. The highest BCUT2D eigenvalue weighted by molar-refractivity contribution is 5.84. The first-order chi connectivity index (χ1) is 16.7. The Morgan fingerprint density at radius 2 is 1.12 bits per heavy atom. The predicted molar refractivity (Wildman–Crippen MR) is 141 cm³/mol. The Morgan fingerprint density at radius 3 is 1.85 bits per heavy atom. The van der Waals surface area contributed by atoms with Crippen LogP contribution >= 0.6 is 0 Å². The van der Waals surface area contributed by atoms with Gasteiger partial charge in [0.2, 0.25) is 0 Å². The van der Waals surface area contributed by atoms with Crippen molar-refractivity contribution in [2.45, 2.75) is 116 Å². The molecule has 0 aliphatic heterocycles. The van der Waals surface area contributed by atoms with Crippen molar-refractivity contribution in [3.05, 3.63) is 0 Å². The van der Waals surface area contributed by atoms with Gasteiger partial charge in [0.05, 0.1) is 0 Å². The van der Waals surface area contributed by atoms with Crippen LogP contribution in [0.1, 0.15) is 116 Å². The molecule has 5 aliphatic rings. The molecular formula is C31H54N2O. The second-order valence-electron chi connectivity index (χ2n) is 13.5. The Hall–Kier alpha value is -0.410. The molecule has 0 aromatic heterocycles. The van der Waals surface area contributed by atoms with Gasteiger partial charge >= 0.3 is 0 Å². The monoisotopic (exact) mass is 470 g/mol. The SMILES string of the molecule is NCCC1CCCC(C2CCC3CCC4C(CCCC4C4CCCC(CCN)C4)C(=O)C3C2)C1. The molecule has 5 rings (SSSR count). The lowest BCUT2D eigenvalue weighted by Crippen LogP contribution is -2.41. The normalized spacial score (nSPS) is 45.8. The van der Waals surface area contributed by atoms with Crippen LogP contribution in [0, 0.1) is 59.2 Å². The maximum absolute atomic E-state index is 14.2. The summed E-state index contributed by atoms with van der Waals surface area (Å²) >= 11 is 0. The highest BCUT2D eigenvalue weighted by Crippen LogP contribution is 2.54. The molecule has 10 unspecified atom stereocenters. The molecule has 0 bridgehead atoms. The summed E-state index contributed by atoms with van der Waals surface area (Å²) < 4.78 is 0. The molecule has 3 heteroatoms. The number of hydrogen-bond donors (Lipinski definition) is 2. The molecule has 4 N–H and O–H groups in total. The Balaban J connectivity index is 1.25. The van der Waals surface area contributed by atoms with Crippen molar-refractivity contribution in [1.29, 1.82) is 0 Å². The maximum atomic E-state index is 14.2. The van der Waals surface area contributed by atoms with Gasteiger partial charge in [0, 0.05) is 11.8 Å². The molecule has 0 amide bonds. The summed E-state index contributed by atoms with van der Waals surface area (Å²) in [5, 5.41) is 0. The molecule has 5 fully saturated rings. The van der Waals surface area contributed by atoms with Crippen molar-refractivity contribution in [2.75, 3.05) is 13.1 Å². The lowest BCUT2D eigenvalue weighted by atomic mass is 9.60. The van der Waals surface area contributed by atoms with E-state index in [1.807, 2.05) is 0 Å². The van der Waals surface area contributed by atoms with Gasteiger partial charge in [0.15, 0.2) is 0 Å². The summed E-state index contributed by atoms with van der Waals surface area (Å²) in [6.07, 6.45) is 24.2. The molecule has 0 heterocycles. The number of Topliss-reactive ketones (excluding diaryl/α,β-unsaturated/α-hetero) is 1. The summed E-state index contributed by atoms with van der Waals surface area (Å²) in [5.74, 6) is 8.06. The van der Waals surface area contributed by atoms with Crippen molar-refractivity contribution in [3.8, 4) is 0 Å². The van der Waals surface area contributed by atoms with E-state index in [-0.39, 0.29) is 0 Å². The Morgan fingerprint density at radius 1 is 0.529 bits per heavy atom. The summed E-state index contributed by atoms with van der Waals surface area (Å²) in [5.41, 5.74) is 11.8. The fourth-order valence-corrected chi connectivity index (χ4v) is 10.2. The number of ketones is 1. The van der Waals surface area contributed by atoms with E-state index in [1.165, 1.54) is 116 Å². The van der Waals surface area contributed by atoms with E-state index < -0.39 is 0 Å². The predicted octanol–water partition coefficient (Wildman–Crippen LogP) is 6.72. The molecule has 0 radical (unpaired) electrons. The van der Waals surface area contributed by atoms with Crippen LogP contribution < -0.4 is 11.5 Å². The van der Waals surface area contributed by atoms with Gasteiger partial charge in [-0.2, -0.15) is 0 Å². The molecule has 5 saturated carbocycles. The van der Waals surface area contributed by atoms with Gasteiger partial charge < -0.3 is 11.5 Å². The molecule has 34 heavy (non-hydrogen) atoms. The maximum Gasteiger partial charge on any atom is 0.139 e. The van der Waals surface area contributed by atoms with Crippen LogP contribution in [0.2, 0.25) is 0 Å². The number of hydrogen-bond acceptors (Lipinski definition) is 3. The van der Waals surface area contributed by atoms with E-state index in [0.717, 1.165) is 54.4 Å². The van der Waals surface area contributed by atoms with Gasteiger partial charge in [-0.15, -0.1) is 0 Å². The zero-order valence-electron chi connectivity index (χ0n) is 22.0. The van der Waals surface area contributed by atoms with Crippen molar-refractivity contribution < 1.29 is 4.79 Å². The van der Waals surface area contributed by atoms with Gasteiger partial charge in [-0.3, -0.25) is 4.79 Å². The van der Waals surface area contributed by atoms with Crippen molar-refractivity contribution in [3.63, 3.8) is 0 Å². The van der Waals surface area contributed by atoms with E-state index in [1.54, 1.807) is 0 Å². The Labute approximate surface area is 209 Å². The van der Waals surface area contributed by atoms with Crippen LogP contribution in [-0.2, 0) is 4.79 Å². The van der Waals surface area contributed by atoms with Crippen molar-refractivity contribution >= 4 is 5.78 Å². The Bertz CT molecular complexity index is 656.